The number of carbonyl (C=O) groups is 2. The highest BCUT2D eigenvalue weighted by Gasteiger charge is 2.29. The van der Waals surface area contributed by atoms with Crippen LogP contribution in [0.4, 0.5) is 27.9 Å². The number of hydrazine groups is 2. The SMILES string of the molecule is CC(C)(C)OC(=O)N[C@H]1CCCC[C@H]1Nc1ncc(C(N)=O)c(Nc2ccc(N3C=CNN3)cc2)n1. The van der Waals surface area contributed by atoms with E-state index in [1.54, 1.807) is 6.20 Å². The minimum Gasteiger partial charge on any atom is -0.444 e. The third kappa shape index (κ3) is 6.54. The second kappa shape index (κ2) is 10.7. The van der Waals surface area contributed by atoms with Gasteiger partial charge in [-0.1, -0.05) is 12.8 Å². The van der Waals surface area contributed by atoms with Crippen LogP contribution in [0.1, 0.15) is 56.8 Å². The molecule has 1 aromatic heterocycles. The Hall–Kier alpha value is -4.06. The molecule has 1 fully saturated rings. The molecule has 2 amide bonds. The summed E-state index contributed by atoms with van der Waals surface area (Å²) < 4.78 is 5.42. The van der Waals surface area contributed by atoms with Gasteiger partial charge in [-0.25, -0.2) is 9.78 Å². The van der Waals surface area contributed by atoms with Crippen LogP contribution in [-0.4, -0.2) is 39.7 Å². The Morgan fingerprint density at radius 1 is 1.14 bits per heavy atom. The molecule has 0 unspecified atom stereocenters. The van der Waals surface area contributed by atoms with Gasteiger partial charge in [0.15, 0.2) is 0 Å². The fourth-order valence-corrected chi connectivity index (χ4v) is 4.08. The Morgan fingerprint density at radius 2 is 1.86 bits per heavy atom. The van der Waals surface area contributed by atoms with Crippen molar-refractivity contribution in [2.75, 3.05) is 15.6 Å². The molecule has 2 aromatic rings. The van der Waals surface area contributed by atoms with Gasteiger partial charge in [0.1, 0.15) is 17.0 Å². The number of primary amides is 1. The van der Waals surface area contributed by atoms with Gasteiger partial charge in [0.25, 0.3) is 5.91 Å². The summed E-state index contributed by atoms with van der Waals surface area (Å²) in [5.74, 6) is -0.0131. The number of amides is 2. The highest BCUT2D eigenvalue weighted by molar-refractivity contribution is 5.98. The molecule has 0 radical (unpaired) electrons. The van der Waals surface area contributed by atoms with Gasteiger partial charge in [0.05, 0.1) is 11.7 Å². The minimum absolute atomic E-state index is 0.0903. The molecule has 7 N–H and O–H groups in total. The van der Waals surface area contributed by atoms with Gasteiger partial charge < -0.3 is 31.8 Å². The first kappa shape index (κ1) is 25.0. The molecule has 2 aliphatic rings. The van der Waals surface area contributed by atoms with Crippen molar-refractivity contribution in [3.05, 3.63) is 48.4 Å². The first-order valence-corrected chi connectivity index (χ1v) is 11.9. The smallest absolute Gasteiger partial charge is 0.407 e. The van der Waals surface area contributed by atoms with Crippen molar-refractivity contribution in [3.8, 4) is 0 Å². The Labute approximate surface area is 210 Å². The van der Waals surface area contributed by atoms with E-state index in [2.05, 4.69) is 36.9 Å². The van der Waals surface area contributed by atoms with Crippen molar-refractivity contribution in [2.45, 2.75) is 64.1 Å². The molecule has 1 aromatic carbocycles. The molecule has 0 saturated heterocycles. The first-order valence-electron chi connectivity index (χ1n) is 11.9. The third-order valence-corrected chi connectivity index (χ3v) is 5.74. The van der Waals surface area contributed by atoms with Crippen LogP contribution in [0.15, 0.2) is 42.9 Å². The van der Waals surface area contributed by atoms with E-state index < -0.39 is 17.6 Å². The number of benzene rings is 1. The maximum Gasteiger partial charge on any atom is 0.407 e. The summed E-state index contributed by atoms with van der Waals surface area (Å²) >= 11 is 0. The Morgan fingerprint density at radius 3 is 2.50 bits per heavy atom. The number of hydrogen-bond donors (Lipinski definition) is 6. The van der Waals surface area contributed by atoms with E-state index in [1.165, 1.54) is 6.20 Å². The number of ether oxygens (including phenoxy) is 1. The van der Waals surface area contributed by atoms with Crippen LogP contribution < -0.4 is 37.7 Å². The zero-order chi connectivity index (χ0) is 25.7. The van der Waals surface area contributed by atoms with Crippen LogP contribution in [-0.2, 0) is 4.74 Å². The van der Waals surface area contributed by atoms with Crippen molar-refractivity contribution in [3.63, 3.8) is 0 Å². The lowest BCUT2D eigenvalue weighted by molar-refractivity contribution is 0.0488. The lowest BCUT2D eigenvalue weighted by Crippen LogP contribution is -2.50. The number of aromatic nitrogens is 2. The first-order chi connectivity index (χ1) is 17.2. The van der Waals surface area contributed by atoms with Crippen LogP contribution in [0.25, 0.3) is 0 Å². The average Bonchev–Trinajstić information content (AvgIpc) is 3.35. The number of carbonyl (C=O) groups excluding carboxylic acids is 2. The van der Waals surface area contributed by atoms with E-state index in [4.69, 9.17) is 10.5 Å². The topological polar surface area (TPSA) is 159 Å². The van der Waals surface area contributed by atoms with Crippen molar-refractivity contribution >= 4 is 35.1 Å². The number of anilines is 4. The van der Waals surface area contributed by atoms with E-state index in [-0.39, 0.29) is 17.6 Å². The zero-order valence-electron chi connectivity index (χ0n) is 20.7. The number of nitrogens with two attached hydrogens (primary N) is 1. The summed E-state index contributed by atoms with van der Waals surface area (Å²) in [7, 11) is 0. The van der Waals surface area contributed by atoms with Crippen molar-refractivity contribution < 1.29 is 14.3 Å². The number of alkyl carbamates (subject to hydrolysis) is 1. The molecule has 4 rings (SSSR count). The number of nitrogens with one attached hydrogen (secondary N) is 5. The molecule has 0 spiro atoms. The number of nitrogens with zero attached hydrogens (tertiary/aromatic N) is 3. The molecule has 0 bridgehead atoms. The van der Waals surface area contributed by atoms with Gasteiger partial charge in [0, 0.05) is 30.3 Å². The van der Waals surface area contributed by atoms with Crippen LogP contribution in [0, 0.1) is 0 Å². The predicted molar refractivity (Wildman–Crippen MR) is 137 cm³/mol. The zero-order valence-corrected chi connectivity index (χ0v) is 20.7. The van der Waals surface area contributed by atoms with E-state index >= 15 is 0 Å². The summed E-state index contributed by atoms with van der Waals surface area (Å²) in [6.45, 7) is 5.49. The minimum atomic E-state index is -0.639. The summed E-state index contributed by atoms with van der Waals surface area (Å²) in [6.07, 6.45) is 8.24. The lowest BCUT2D eigenvalue weighted by atomic mass is 9.90. The van der Waals surface area contributed by atoms with Crippen LogP contribution in [0.3, 0.4) is 0 Å². The van der Waals surface area contributed by atoms with Crippen LogP contribution in [0.2, 0.25) is 0 Å². The van der Waals surface area contributed by atoms with Gasteiger partial charge in [-0.3, -0.25) is 9.80 Å². The molecule has 1 saturated carbocycles. The fourth-order valence-electron chi connectivity index (χ4n) is 4.08. The normalized spacial score (nSPS) is 19.4. The van der Waals surface area contributed by atoms with E-state index in [1.807, 2.05) is 56.2 Å². The molecular weight excluding hydrogens is 462 g/mol. The van der Waals surface area contributed by atoms with Gasteiger partial charge in [-0.15, -0.1) is 5.53 Å². The highest BCUT2D eigenvalue weighted by Crippen LogP contribution is 2.25. The van der Waals surface area contributed by atoms with E-state index in [0.29, 0.717) is 11.8 Å². The molecule has 1 aliphatic heterocycles. The Bertz CT molecular complexity index is 1110. The summed E-state index contributed by atoms with van der Waals surface area (Å²) in [6, 6.07) is 7.32. The second-order valence-corrected chi connectivity index (χ2v) is 9.72. The largest absolute Gasteiger partial charge is 0.444 e. The van der Waals surface area contributed by atoms with Crippen molar-refractivity contribution in [2.24, 2.45) is 5.73 Å². The maximum absolute atomic E-state index is 12.3. The summed E-state index contributed by atoms with van der Waals surface area (Å²) in [4.78, 5) is 33.2. The van der Waals surface area contributed by atoms with Crippen molar-refractivity contribution in [1.82, 2.24) is 26.2 Å². The predicted octanol–water partition coefficient (Wildman–Crippen LogP) is 2.87. The van der Waals surface area contributed by atoms with E-state index in [9.17, 15) is 9.59 Å². The molecular formula is C24H33N9O3. The summed E-state index contributed by atoms with van der Waals surface area (Å²) in [5, 5.41) is 11.3. The monoisotopic (exact) mass is 495 g/mol. The maximum atomic E-state index is 12.3. The molecule has 2 heterocycles. The standard InChI is InChI=1S/C24H33N9O3/c1-24(2,3)36-23(35)30-19-7-5-4-6-18(19)29-22-26-14-17(20(25)34)21(31-22)28-15-8-10-16(11-9-15)33-13-12-27-32-33/h8-14,18-19,27,32H,4-7H2,1-3H3,(H2,25,34)(H,30,35)(H2,26,28,29,31)/t18-,19+/m1/s1. The second-order valence-electron chi connectivity index (χ2n) is 9.72. The van der Waals surface area contributed by atoms with E-state index in [0.717, 1.165) is 37.1 Å². The van der Waals surface area contributed by atoms with Crippen molar-refractivity contribution in [1.29, 1.82) is 0 Å². The number of rotatable bonds is 7. The molecule has 192 valence electrons. The fraction of sp³-hybridized carbons (Fsp3) is 0.417. The van der Waals surface area contributed by atoms with Gasteiger partial charge in [-0.2, -0.15) is 4.98 Å². The van der Waals surface area contributed by atoms with Gasteiger partial charge in [-0.05, 0) is 57.9 Å². The lowest BCUT2D eigenvalue weighted by Gasteiger charge is -2.33. The summed E-state index contributed by atoms with van der Waals surface area (Å²) in [5.41, 5.74) is 12.7. The van der Waals surface area contributed by atoms with Gasteiger partial charge in [0.2, 0.25) is 5.95 Å². The van der Waals surface area contributed by atoms with Crippen LogP contribution in [0.5, 0.6) is 0 Å². The molecule has 36 heavy (non-hydrogen) atoms. The highest BCUT2D eigenvalue weighted by atomic mass is 16.6. The van der Waals surface area contributed by atoms with Gasteiger partial charge >= 0.3 is 6.09 Å². The van der Waals surface area contributed by atoms with Crippen LogP contribution >= 0.6 is 0 Å². The molecule has 2 atom stereocenters. The quantitative estimate of drug-likeness (QED) is 0.337. The molecule has 12 nitrogen and oxygen atoms in total. The number of hydrogen-bond acceptors (Lipinski definition) is 10. The molecule has 12 heteroatoms. The Kier molecular flexibility index (Phi) is 7.44. The molecule has 1 aliphatic carbocycles. The third-order valence-electron chi connectivity index (χ3n) is 5.74. The average molecular weight is 496 g/mol. The Balaban J connectivity index is 1.48.